The number of nitrogens with zero attached hydrogens (tertiary/aromatic N) is 5. The molecule has 0 N–H and O–H groups in total. The van der Waals surface area contributed by atoms with Crippen LogP contribution in [0.15, 0.2) is 36.4 Å². The van der Waals surface area contributed by atoms with Crippen molar-refractivity contribution in [2.45, 2.75) is 51.9 Å². The number of hydrogen-bond acceptors (Lipinski definition) is 5. The Balaban J connectivity index is 1.82. The van der Waals surface area contributed by atoms with Crippen LogP contribution in [0.4, 0.5) is 0 Å². The molecule has 0 saturated heterocycles. The molecule has 1 unspecified atom stereocenters. The van der Waals surface area contributed by atoms with Crippen molar-refractivity contribution in [2.24, 2.45) is 0 Å². The lowest BCUT2D eigenvalue weighted by Gasteiger charge is -2.08. The first-order valence-electron chi connectivity index (χ1n) is 10.0. The Morgan fingerprint density at radius 3 is 2.45 bits per heavy atom. The van der Waals surface area contributed by atoms with Gasteiger partial charge in [0.15, 0.2) is 11.7 Å². The van der Waals surface area contributed by atoms with Gasteiger partial charge in [-0.15, -0.1) is 0 Å². The van der Waals surface area contributed by atoms with E-state index in [2.05, 4.69) is 16.0 Å². The van der Waals surface area contributed by atoms with Crippen LogP contribution in [0.1, 0.15) is 64.1 Å². The first kappa shape index (κ1) is 19.0. The minimum atomic E-state index is -1.06. The molecule has 6 nitrogen and oxygen atoms in total. The molecule has 0 amide bonds. The summed E-state index contributed by atoms with van der Waals surface area (Å²) in [6.45, 7) is 3.68. The molecule has 0 spiro atoms. The van der Waals surface area contributed by atoms with Crippen LogP contribution in [-0.2, 0) is 12.8 Å². The van der Waals surface area contributed by atoms with Gasteiger partial charge in [0.2, 0.25) is 5.78 Å². The highest BCUT2D eigenvalue weighted by atomic mass is 16.1. The van der Waals surface area contributed by atoms with Crippen LogP contribution in [0.5, 0.6) is 0 Å². The number of rotatable bonds is 4. The van der Waals surface area contributed by atoms with Crippen molar-refractivity contribution >= 4 is 5.78 Å². The number of aromatic nitrogens is 4. The summed E-state index contributed by atoms with van der Waals surface area (Å²) in [5.74, 6) is -1.11. The number of para-hydroxylation sites is 1. The highest BCUT2D eigenvalue weighted by molar-refractivity contribution is 6.02. The fourth-order valence-electron chi connectivity index (χ4n) is 4.01. The average Bonchev–Trinajstić information content (AvgIpc) is 2.89. The summed E-state index contributed by atoms with van der Waals surface area (Å²) in [6.07, 6.45) is 4.89. The summed E-state index contributed by atoms with van der Waals surface area (Å²) < 4.78 is 1.88. The molecule has 0 saturated carbocycles. The Morgan fingerprint density at radius 2 is 1.76 bits per heavy atom. The van der Waals surface area contributed by atoms with E-state index in [-0.39, 0.29) is 11.6 Å². The molecular formula is C23H23N5O. The molecule has 1 aromatic carbocycles. The maximum absolute atomic E-state index is 13.4. The number of fused-ring (bicyclic) bond motifs is 1. The lowest BCUT2D eigenvalue weighted by Crippen LogP contribution is -2.17. The molecular weight excluding hydrogens is 362 g/mol. The predicted octanol–water partition coefficient (Wildman–Crippen LogP) is 4.04. The summed E-state index contributed by atoms with van der Waals surface area (Å²) in [6, 6.07) is 13.8. The van der Waals surface area contributed by atoms with Crippen LogP contribution in [-0.4, -0.2) is 25.5 Å². The third-order valence-corrected chi connectivity index (χ3v) is 5.31. The van der Waals surface area contributed by atoms with E-state index in [9.17, 15) is 10.1 Å². The molecule has 1 aliphatic carbocycles. The Hall–Kier alpha value is -3.33. The van der Waals surface area contributed by atoms with E-state index in [1.54, 1.807) is 0 Å². The van der Waals surface area contributed by atoms with Gasteiger partial charge >= 0.3 is 0 Å². The van der Waals surface area contributed by atoms with Gasteiger partial charge in [-0.25, -0.2) is 14.6 Å². The SMILES string of the molecule is Cc1cc(C)nc(C(C#N)C(=O)c2nn(-c3ccccc3)c3c2CCCCC3)n1. The van der Waals surface area contributed by atoms with E-state index in [1.165, 1.54) is 0 Å². The maximum Gasteiger partial charge on any atom is 0.208 e. The van der Waals surface area contributed by atoms with Gasteiger partial charge in [-0.05, 0) is 57.7 Å². The van der Waals surface area contributed by atoms with Gasteiger partial charge in [-0.3, -0.25) is 4.79 Å². The summed E-state index contributed by atoms with van der Waals surface area (Å²) >= 11 is 0. The van der Waals surface area contributed by atoms with Crippen molar-refractivity contribution in [3.05, 3.63) is 70.6 Å². The van der Waals surface area contributed by atoms with Crippen LogP contribution >= 0.6 is 0 Å². The fraction of sp³-hybridized carbons (Fsp3) is 0.348. The van der Waals surface area contributed by atoms with Crippen molar-refractivity contribution < 1.29 is 4.79 Å². The zero-order valence-electron chi connectivity index (χ0n) is 16.7. The number of hydrogen-bond donors (Lipinski definition) is 0. The highest BCUT2D eigenvalue weighted by Gasteiger charge is 2.32. The lowest BCUT2D eigenvalue weighted by atomic mass is 9.96. The fourth-order valence-corrected chi connectivity index (χ4v) is 4.01. The Bertz CT molecular complexity index is 1070. The summed E-state index contributed by atoms with van der Waals surface area (Å²) in [4.78, 5) is 22.2. The summed E-state index contributed by atoms with van der Waals surface area (Å²) in [5, 5.41) is 14.5. The minimum Gasteiger partial charge on any atom is -0.290 e. The van der Waals surface area contributed by atoms with Crippen molar-refractivity contribution in [3.8, 4) is 11.8 Å². The molecule has 1 aliphatic rings. The molecule has 1 atom stereocenters. The number of benzene rings is 1. The van der Waals surface area contributed by atoms with Crippen LogP contribution < -0.4 is 0 Å². The van der Waals surface area contributed by atoms with Gasteiger partial charge in [0.1, 0.15) is 5.69 Å². The highest BCUT2D eigenvalue weighted by Crippen LogP contribution is 2.29. The smallest absolute Gasteiger partial charge is 0.208 e. The molecule has 2 aromatic heterocycles. The second-order valence-corrected chi connectivity index (χ2v) is 7.52. The van der Waals surface area contributed by atoms with Crippen LogP contribution in [0.3, 0.4) is 0 Å². The number of ketones is 1. The largest absolute Gasteiger partial charge is 0.290 e. The molecule has 29 heavy (non-hydrogen) atoms. The number of carbonyl (C=O) groups excluding carboxylic acids is 1. The molecule has 0 radical (unpaired) electrons. The van der Waals surface area contributed by atoms with Gasteiger partial charge in [0, 0.05) is 22.6 Å². The minimum absolute atomic E-state index is 0.256. The Labute approximate surface area is 170 Å². The van der Waals surface area contributed by atoms with E-state index in [0.717, 1.165) is 60.4 Å². The summed E-state index contributed by atoms with van der Waals surface area (Å²) in [7, 11) is 0. The Morgan fingerprint density at radius 1 is 1.07 bits per heavy atom. The molecule has 3 aromatic rings. The lowest BCUT2D eigenvalue weighted by molar-refractivity contribution is 0.0970. The van der Waals surface area contributed by atoms with Gasteiger partial charge in [0.05, 0.1) is 11.8 Å². The molecule has 6 heteroatoms. The third kappa shape index (κ3) is 3.68. The number of carbonyl (C=O) groups is 1. The zero-order chi connectivity index (χ0) is 20.4. The quantitative estimate of drug-likeness (QED) is 0.500. The monoisotopic (exact) mass is 385 g/mol. The molecule has 0 fully saturated rings. The second kappa shape index (κ2) is 7.96. The molecule has 0 bridgehead atoms. The average molecular weight is 385 g/mol. The number of Topliss-reactive ketones (excluding diaryl/α,β-unsaturated/α-hetero) is 1. The standard InChI is InChI=1S/C23H23N5O/c1-15-13-16(2)26-23(25-15)19(14-24)22(29)21-18-11-7-4-8-12-20(18)28(27-21)17-9-5-3-6-10-17/h3,5-6,9-10,13,19H,4,7-8,11-12H2,1-2H3. The maximum atomic E-state index is 13.4. The van der Waals surface area contributed by atoms with Gasteiger partial charge in [0.25, 0.3) is 0 Å². The first-order chi connectivity index (χ1) is 14.1. The second-order valence-electron chi connectivity index (χ2n) is 7.52. The van der Waals surface area contributed by atoms with Crippen molar-refractivity contribution in [3.63, 3.8) is 0 Å². The first-order valence-corrected chi connectivity index (χ1v) is 10.0. The topological polar surface area (TPSA) is 84.5 Å². The Kier molecular flexibility index (Phi) is 5.22. The van der Waals surface area contributed by atoms with Gasteiger partial charge < -0.3 is 0 Å². The van der Waals surface area contributed by atoms with Crippen molar-refractivity contribution in [2.75, 3.05) is 0 Å². The van der Waals surface area contributed by atoms with Crippen molar-refractivity contribution in [1.82, 2.24) is 19.7 Å². The van der Waals surface area contributed by atoms with E-state index >= 15 is 0 Å². The van der Waals surface area contributed by atoms with Crippen molar-refractivity contribution in [1.29, 1.82) is 5.26 Å². The normalized spacial score (nSPS) is 14.5. The molecule has 2 heterocycles. The van der Waals surface area contributed by atoms with Gasteiger partial charge in [-0.2, -0.15) is 10.4 Å². The molecule has 4 rings (SSSR count). The number of aryl methyl sites for hydroxylation is 2. The molecule has 0 aliphatic heterocycles. The zero-order valence-corrected chi connectivity index (χ0v) is 16.7. The summed E-state index contributed by atoms with van der Waals surface area (Å²) in [5.41, 5.74) is 4.86. The third-order valence-electron chi connectivity index (χ3n) is 5.31. The predicted molar refractivity (Wildman–Crippen MR) is 109 cm³/mol. The van der Waals surface area contributed by atoms with E-state index in [1.807, 2.05) is 54.9 Å². The van der Waals surface area contributed by atoms with Gasteiger partial charge in [-0.1, -0.05) is 24.6 Å². The van der Waals surface area contributed by atoms with E-state index in [4.69, 9.17) is 5.10 Å². The number of nitriles is 1. The van der Waals surface area contributed by atoms with Crippen LogP contribution in [0.25, 0.3) is 5.69 Å². The van der Waals surface area contributed by atoms with E-state index < -0.39 is 5.92 Å². The molecule has 146 valence electrons. The van der Waals surface area contributed by atoms with E-state index in [0.29, 0.717) is 5.69 Å². The van der Waals surface area contributed by atoms with Crippen LogP contribution in [0.2, 0.25) is 0 Å². The van der Waals surface area contributed by atoms with Crippen LogP contribution in [0, 0.1) is 25.2 Å².